The zero-order chi connectivity index (χ0) is 19.1. The van der Waals surface area contributed by atoms with Crippen LogP contribution in [0.1, 0.15) is 50.3 Å². The Bertz CT molecular complexity index is 737. The Hall–Kier alpha value is -1.93. The molecule has 1 aliphatic rings. The normalized spacial score (nSPS) is 17.1. The average molecular weight is 391 g/mol. The minimum Gasteiger partial charge on any atom is -0.383 e. The summed E-state index contributed by atoms with van der Waals surface area (Å²) in [5.41, 5.74) is -0.0644. The van der Waals surface area contributed by atoms with Gasteiger partial charge in [-0.25, -0.2) is 4.99 Å². The molecule has 3 rings (SSSR count). The zero-order valence-corrected chi connectivity index (χ0v) is 17.1. The van der Waals surface area contributed by atoms with E-state index in [-0.39, 0.29) is 0 Å². The Labute approximate surface area is 164 Å². The van der Waals surface area contributed by atoms with E-state index in [2.05, 4.69) is 30.4 Å². The molecule has 7 nitrogen and oxygen atoms in total. The van der Waals surface area contributed by atoms with E-state index in [1.54, 1.807) is 18.3 Å². The molecule has 3 N–H and O–H groups in total. The Kier molecular flexibility index (Phi) is 6.84. The maximum atomic E-state index is 10.6. The van der Waals surface area contributed by atoms with E-state index in [1.165, 1.54) is 19.3 Å². The number of hydrogen-bond donors (Lipinski definition) is 3. The molecule has 0 amide bonds. The molecule has 3 heterocycles. The molecule has 0 spiro atoms. The molecule has 27 heavy (non-hydrogen) atoms. The van der Waals surface area contributed by atoms with Crippen LogP contribution in [0.4, 0.5) is 0 Å². The third kappa shape index (κ3) is 5.29. The highest BCUT2D eigenvalue weighted by Gasteiger charge is 2.23. The minimum atomic E-state index is -0.966. The van der Waals surface area contributed by atoms with Gasteiger partial charge in [0.15, 0.2) is 5.96 Å². The van der Waals surface area contributed by atoms with Crippen molar-refractivity contribution < 1.29 is 5.11 Å². The molecule has 2 aromatic rings. The van der Waals surface area contributed by atoms with Crippen LogP contribution in [-0.4, -0.2) is 45.5 Å². The Balaban J connectivity index is 1.56. The van der Waals surface area contributed by atoms with Crippen LogP contribution in [-0.2, 0) is 25.0 Å². The van der Waals surface area contributed by atoms with Crippen molar-refractivity contribution in [3.05, 3.63) is 34.0 Å². The maximum absolute atomic E-state index is 10.6. The maximum Gasteiger partial charge on any atom is 0.191 e. The molecule has 0 fully saturated rings. The van der Waals surface area contributed by atoms with Crippen molar-refractivity contribution in [1.29, 1.82) is 0 Å². The van der Waals surface area contributed by atoms with E-state index in [9.17, 15) is 5.11 Å². The van der Waals surface area contributed by atoms with Crippen molar-refractivity contribution in [3.8, 4) is 0 Å². The second-order valence-electron chi connectivity index (χ2n) is 7.15. The molecule has 0 bridgehead atoms. The number of fused-ring (bicyclic) bond motifs is 1. The molecular weight excluding hydrogens is 360 g/mol. The Morgan fingerprint density at radius 3 is 3.00 bits per heavy atom. The molecule has 2 aromatic heterocycles. The number of aromatic nitrogens is 3. The first-order valence-corrected chi connectivity index (χ1v) is 10.7. The summed E-state index contributed by atoms with van der Waals surface area (Å²) in [6.45, 7) is 6.66. The monoisotopic (exact) mass is 390 g/mol. The Morgan fingerprint density at radius 2 is 2.22 bits per heavy atom. The van der Waals surface area contributed by atoms with Crippen LogP contribution >= 0.6 is 11.3 Å². The predicted molar refractivity (Wildman–Crippen MR) is 109 cm³/mol. The number of aryl methyl sites for hydroxylation is 1. The highest BCUT2D eigenvalue weighted by atomic mass is 32.1. The lowest BCUT2D eigenvalue weighted by atomic mass is 10.00. The number of thiophene rings is 1. The predicted octanol–water partition coefficient (Wildman–Crippen LogP) is 2.07. The lowest BCUT2D eigenvalue weighted by Crippen LogP contribution is -2.40. The lowest BCUT2D eigenvalue weighted by Gasteiger charge is -2.21. The largest absolute Gasteiger partial charge is 0.383 e. The first-order valence-electron chi connectivity index (χ1n) is 9.78. The lowest BCUT2D eigenvalue weighted by molar-refractivity contribution is 0.0677. The van der Waals surface area contributed by atoms with Gasteiger partial charge in [-0.15, -0.1) is 10.2 Å². The van der Waals surface area contributed by atoms with Gasteiger partial charge in [0.05, 0.1) is 6.54 Å². The molecule has 0 saturated heterocycles. The summed E-state index contributed by atoms with van der Waals surface area (Å²) >= 11 is 1.58. The van der Waals surface area contributed by atoms with E-state index in [4.69, 9.17) is 0 Å². The van der Waals surface area contributed by atoms with E-state index in [0.29, 0.717) is 12.5 Å². The van der Waals surface area contributed by atoms with E-state index >= 15 is 0 Å². The fraction of sp³-hybridized carbons (Fsp3) is 0.632. The van der Waals surface area contributed by atoms with Crippen molar-refractivity contribution in [2.75, 3.05) is 19.6 Å². The van der Waals surface area contributed by atoms with Crippen LogP contribution < -0.4 is 10.6 Å². The van der Waals surface area contributed by atoms with E-state index in [1.807, 2.05) is 23.8 Å². The van der Waals surface area contributed by atoms with Gasteiger partial charge in [0.1, 0.15) is 17.2 Å². The molecule has 8 heteroatoms. The number of aliphatic hydroxyl groups is 1. The first-order chi connectivity index (χ1) is 13.1. The van der Waals surface area contributed by atoms with Gasteiger partial charge in [-0.2, -0.15) is 11.3 Å². The van der Waals surface area contributed by atoms with Gasteiger partial charge in [0.25, 0.3) is 0 Å². The third-order valence-electron chi connectivity index (χ3n) is 4.86. The van der Waals surface area contributed by atoms with Gasteiger partial charge in [-0.05, 0) is 49.1 Å². The first kappa shape index (κ1) is 19.8. The van der Waals surface area contributed by atoms with Crippen molar-refractivity contribution in [1.82, 2.24) is 25.4 Å². The molecule has 1 unspecified atom stereocenters. The minimum absolute atomic E-state index is 0.305. The van der Waals surface area contributed by atoms with Crippen LogP contribution in [0.15, 0.2) is 21.8 Å². The molecule has 1 aliphatic heterocycles. The molecule has 0 aliphatic carbocycles. The summed E-state index contributed by atoms with van der Waals surface area (Å²) in [7, 11) is 0. The summed E-state index contributed by atoms with van der Waals surface area (Å²) in [4.78, 5) is 4.57. The number of aliphatic imine (C=N–C) groups is 1. The van der Waals surface area contributed by atoms with Gasteiger partial charge < -0.3 is 20.3 Å². The van der Waals surface area contributed by atoms with Crippen LogP contribution in [0, 0.1) is 0 Å². The number of guanidine groups is 1. The van der Waals surface area contributed by atoms with Crippen molar-refractivity contribution in [3.63, 3.8) is 0 Å². The molecule has 148 valence electrons. The second kappa shape index (κ2) is 9.32. The number of hydrogen-bond acceptors (Lipinski definition) is 5. The van der Waals surface area contributed by atoms with Gasteiger partial charge in [0, 0.05) is 32.5 Å². The third-order valence-corrected chi connectivity index (χ3v) is 5.54. The molecule has 0 saturated carbocycles. The SMILES string of the molecule is CCNC(=NCC(C)(O)c1ccsc1)NCCc1nnc2n1CCCCC2. The Morgan fingerprint density at radius 1 is 1.33 bits per heavy atom. The fourth-order valence-corrected chi connectivity index (χ4v) is 4.04. The molecule has 0 aromatic carbocycles. The summed E-state index contributed by atoms with van der Waals surface area (Å²) in [6.07, 6.45) is 5.51. The van der Waals surface area contributed by atoms with E-state index < -0.39 is 5.60 Å². The summed E-state index contributed by atoms with van der Waals surface area (Å²) in [5.74, 6) is 2.87. The van der Waals surface area contributed by atoms with Gasteiger partial charge >= 0.3 is 0 Å². The number of nitrogens with zero attached hydrogens (tertiary/aromatic N) is 4. The van der Waals surface area contributed by atoms with Crippen molar-refractivity contribution in [2.45, 2.75) is 58.1 Å². The molecular formula is C19H30N6OS. The van der Waals surface area contributed by atoms with Crippen LogP contribution in [0.25, 0.3) is 0 Å². The van der Waals surface area contributed by atoms with Gasteiger partial charge in [-0.1, -0.05) is 6.42 Å². The van der Waals surface area contributed by atoms with Crippen LogP contribution in [0.2, 0.25) is 0 Å². The van der Waals surface area contributed by atoms with Crippen LogP contribution in [0.3, 0.4) is 0 Å². The zero-order valence-electron chi connectivity index (χ0n) is 16.2. The smallest absolute Gasteiger partial charge is 0.191 e. The van der Waals surface area contributed by atoms with Gasteiger partial charge in [0.2, 0.25) is 0 Å². The highest BCUT2D eigenvalue weighted by molar-refractivity contribution is 7.08. The number of rotatable bonds is 7. The van der Waals surface area contributed by atoms with Crippen molar-refractivity contribution >= 4 is 17.3 Å². The van der Waals surface area contributed by atoms with Gasteiger partial charge in [-0.3, -0.25) is 0 Å². The fourth-order valence-electron chi connectivity index (χ4n) is 3.26. The standard InChI is InChI=1S/C19H30N6OS/c1-3-20-18(22-14-19(2,26)15-9-12-27-13-15)21-10-8-17-24-23-16-7-5-4-6-11-25(16)17/h9,12-13,26H,3-8,10-11,14H2,1-2H3,(H2,20,21,22). The second-order valence-corrected chi connectivity index (χ2v) is 7.93. The number of nitrogens with one attached hydrogen (secondary N) is 2. The molecule has 0 radical (unpaired) electrons. The van der Waals surface area contributed by atoms with E-state index in [0.717, 1.165) is 49.7 Å². The van der Waals surface area contributed by atoms with Crippen molar-refractivity contribution in [2.24, 2.45) is 4.99 Å². The van der Waals surface area contributed by atoms with Crippen LogP contribution in [0.5, 0.6) is 0 Å². The summed E-state index contributed by atoms with van der Waals surface area (Å²) in [5, 5.41) is 29.9. The highest BCUT2D eigenvalue weighted by Crippen LogP contribution is 2.23. The summed E-state index contributed by atoms with van der Waals surface area (Å²) < 4.78 is 2.28. The quantitative estimate of drug-likeness (QED) is 0.498. The summed E-state index contributed by atoms with van der Waals surface area (Å²) in [6, 6.07) is 1.94. The average Bonchev–Trinajstić information content (AvgIpc) is 3.26. The topological polar surface area (TPSA) is 87.4 Å². The molecule has 1 atom stereocenters.